The van der Waals surface area contributed by atoms with Gasteiger partial charge in [0.05, 0.1) is 22.7 Å². The molecule has 1 aliphatic rings. The number of halogens is 2. The van der Waals surface area contributed by atoms with Crippen LogP contribution in [0.1, 0.15) is 16.8 Å². The molecule has 1 fully saturated rings. The Kier molecular flexibility index (Phi) is 5.99. The minimum absolute atomic E-state index is 0.0366. The minimum Gasteiger partial charge on any atom is -0.452 e. The van der Waals surface area contributed by atoms with E-state index in [2.05, 4.69) is 21.2 Å². The molecule has 148 valence electrons. The number of anilines is 2. The summed E-state index contributed by atoms with van der Waals surface area (Å²) in [5.74, 6) is -2.06. The standard InChI is InChI=1S/C18H16BrFN2O5S/c19-13-5-6-16(15(20)10-13)21-17(23)11-27-18(24)12-3-1-4-14(9-12)22-7-2-8-28(22,25)26/h1,3-6,9-10H,2,7-8,11H2,(H,21,23). The molecule has 0 spiro atoms. The van der Waals surface area contributed by atoms with Crippen LogP contribution < -0.4 is 9.62 Å². The highest BCUT2D eigenvalue weighted by Crippen LogP contribution is 2.25. The van der Waals surface area contributed by atoms with E-state index < -0.39 is 34.3 Å². The molecule has 1 amide bonds. The number of nitrogens with zero attached hydrogens (tertiary/aromatic N) is 1. The summed E-state index contributed by atoms with van der Waals surface area (Å²) < 4.78 is 44.4. The second-order valence-corrected chi connectivity index (χ2v) is 8.97. The Morgan fingerprint density at radius 1 is 1.21 bits per heavy atom. The molecule has 1 saturated heterocycles. The lowest BCUT2D eigenvalue weighted by molar-refractivity contribution is -0.119. The van der Waals surface area contributed by atoms with Gasteiger partial charge < -0.3 is 10.1 Å². The number of ether oxygens (including phenoxy) is 1. The molecule has 28 heavy (non-hydrogen) atoms. The Balaban J connectivity index is 1.62. The van der Waals surface area contributed by atoms with Crippen molar-refractivity contribution >= 4 is 49.2 Å². The summed E-state index contributed by atoms with van der Waals surface area (Å²) >= 11 is 3.11. The second kappa shape index (κ2) is 8.27. The predicted molar refractivity (Wildman–Crippen MR) is 105 cm³/mol. The number of amides is 1. The molecule has 0 saturated carbocycles. The SMILES string of the molecule is O=C(COC(=O)c1cccc(N2CCCS2(=O)=O)c1)Nc1ccc(Br)cc1F. The van der Waals surface area contributed by atoms with Gasteiger partial charge in [0.25, 0.3) is 5.91 Å². The summed E-state index contributed by atoms with van der Waals surface area (Å²) in [6.45, 7) is -0.261. The van der Waals surface area contributed by atoms with Gasteiger partial charge in [-0.2, -0.15) is 0 Å². The van der Waals surface area contributed by atoms with Crippen LogP contribution in [-0.2, 0) is 19.6 Å². The third-order valence-corrected chi connectivity index (χ3v) is 6.37. The van der Waals surface area contributed by atoms with Gasteiger partial charge in [-0.25, -0.2) is 17.6 Å². The average Bonchev–Trinajstić information content (AvgIpc) is 3.01. The fourth-order valence-electron chi connectivity index (χ4n) is 2.71. The van der Waals surface area contributed by atoms with Gasteiger partial charge in [-0.1, -0.05) is 22.0 Å². The Bertz CT molecular complexity index is 1030. The smallest absolute Gasteiger partial charge is 0.338 e. The number of sulfonamides is 1. The number of nitrogens with one attached hydrogen (secondary N) is 1. The number of carbonyl (C=O) groups is 2. The van der Waals surface area contributed by atoms with E-state index in [1.165, 1.54) is 34.6 Å². The molecular weight excluding hydrogens is 455 g/mol. The van der Waals surface area contributed by atoms with Gasteiger partial charge in [0.15, 0.2) is 6.61 Å². The van der Waals surface area contributed by atoms with Crippen LogP contribution in [-0.4, -0.2) is 39.2 Å². The van der Waals surface area contributed by atoms with Gasteiger partial charge in [0, 0.05) is 11.0 Å². The van der Waals surface area contributed by atoms with E-state index >= 15 is 0 Å². The molecule has 2 aromatic carbocycles. The highest BCUT2D eigenvalue weighted by Gasteiger charge is 2.28. The van der Waals surface area contributed by atoms with Gasteiger partial charge in [-0.3, -0.25) is 9.10 Å². The first-order chi connectivity index (χ1) is 13.3. The Hall–Kier alpha value is -2.46. The molecule has 0 radical (unpaired) electrons. The van der Waals surface area contributed by atoms with E-state index in [9.17, 15) is 22.4 Å². The lowest BCUT2D eigenvalue weighted by atomic mass is 10.2. The van der Waals surface area contributed by atoms with Crippen molar-refractivity contribution in [1.29, 1.82) is 0 Å². The molecule has 1 N–H and O–H groups in total. The van der Waals surface area contributed by atoms with Crippen molar-refractivity contribution < 1.29 is 27.1 Å². The Morgan fingerprint density at radius 3 is 2.68 bits per heavy atom. The molecule has 0 aromatic heterocycles. The number of esters is 1. The lowest BCUT2D eigenvalue weighted by Gasteiger charge is -2.17. The van der Waals surface area contributed by atoms with Gasteiger partial charge in [0.2, 0.25) is 10.0 Å². The molecule has 0 bridgehead atoms. The molecule has 2 aromatic rings. The molecular formula is C18H16BrFN2O5S. The summed E-state index contributed by atoms with van der Waals surface area (Å²) in [5, 5.41) is 2.31. The monoisotopic (exact) mass is 470 g/mol. The maximum Gasteiger partial charge on any atom is 0.338 e. The number of hydrogen-bond donors (Lipinski definition) is 1. The average molecular weight is 471 g/mol. The summed E-state index contributed by atoms with van der Waals surface area (Å²) in [7, 11) is -3.37. The number of rotatable bonds is 5. The summed E-state index contributed by atoms with van der Waals surface area (Å²) in [5.41, 5.74) is 0.445. The molecule has 0 unspecified atom stereocenters. The van der Waals surface area contributed by atoms with E-state index in [-0.39, 0.29) is 17.0 Å². The topological polar surface area (TPSA) is 92.8 Å². The zero-order valence-corrected chi connectivity index (χ0v) is 16.9. The van der Waals surface area contributed by atoms with Crippen molar-refractivity contribution in [3.63, 3.8) is 0 Å². The van der Waals surface area contributed by atoms with E-state index in [4.69, 9.17) is 4.74 Å². The summed E-state index contributed by atoms with van der Waals surface area (Å²) in [6.07, 6.45) is 0.518. The molecule has 3 rings (SSSR count). The van der Waals surface area contributed by atoms with Crippen LogP contribution in [0.5, 0.6) is 0 Å². The largest absolute Gasteiger partial charge is 0.452 e. The van der Waals surface area contributed by atoms with Crippen molar-refractivity contribution in [3.05, 3.63) is 58.3 Å². The molecule has 0 aliphatic carbocycles. The highest BCUT2D eigenvalue weighted by atomic mass is 79.9. The molecule has 1 heterocycles. The fraction of sp³-hybridized carbons (Fsp3) is 0.222. The minimum atomic E-state index is -3.37. The quantitative estimate of drug-likeness (QED) is 0.678. The van der Waals surface area contributed by atoms with Crippen molar-refractivity contribution in [2.24, 2.45) is 0 Å². The summed E-state index contributed by atoms with van der Waals surface area (Å²) in [6, 6.07) is 10.1. The molecule has 1 aliphatic heterocycles. The first-order valence-electron chi connectivity index (χ1n) is 8.29. The van der Waals surface area contributed by atoms with Crippen molar-refractivity contribution in [2.45, 2.75) is 6.42 Å². The highest BCUT2D eigenvalue weighted by molar-refractivity contribution is 9.10. The van der Waals surface area contributed by atoms with Crippen LogP contribution in [0.2, 0.25) is 0 Å². The predicted octanol–water partition coefficient (Wildman–Crippen LogP) is 2.92. The maximum atomic E-state index is 13.7. The lowest BCUT2D eigenvalue weighted by Crippen LogP contribution is -2.25. The van der Waals surface area contributed by atoms with Crippen LogP contribution >= 0.6 is 15.9 Å². The zero-order valence-electron chi connectivity index (χ0n) is 14.5. The molecule has 7 nitrogen and oxygen atoms in total. The second-order valence-electron chi connectivity index (χ2n) is 6.04. The van der Waals surface area contributed by atoms with Crippen molar-refractivity contribution in [1.82, 2.24) is 0 Å². The first kappa shape index (κ1) is 20.3. The van der Waals surface area contributed by atoms with Gasteiger partial charge >= 0.3 is 5.97 Å². The van der Waals surface area contributed by atoms with Gasteiger partial charge in [-0.05, 0) is 42.8 Å². The Labute approximate surface area is 169 Å². The van der Waals surface area contributed by atoms with Crippen LogP contribution in [0.4, 0.5) is 15.8 Å². The number of benzene rings is 2. The van der Waals surface area contributed by atoms with E-state index in [1.807, 2.05) is 0 Å². The van der Waals surface area contributed by atoms with E-state index in [0.717, 1.165) is 0 Å². The zero-order chi connectivity index (χ0) is 20.3. The van der Waals surface area contributed by atoms with Crippen molar-refractivity contribution in [3.8, 4) is 0 Å². The molecule has 0 atom stereocenters. The van der Waals surface area contributed by atoms with E-state index in [0.29, 0.717) is 23.1 Å². The van der Waals surface area contributed by atoms with Gasteiger partial charge in [0.1, 0.15) is 5.82 Å². The van der Waals surface area contributed by atoms with Crippen LogP contribution in [0, 0.1) is 5.82 Å². The Morgan fingerprint density at radius 2 is 2.00 bits per heavy atom. The van der Waals surface area contributed by atoms with Crippen LogP contribution in [0.25, 0.3) is 0 Å². The van der Waals surface area contributed by atoms with E-state index in [1.54, 1.807) is 12.1 Å². The van der Waals surface area contributed by atoms with Crippen LogP contribution in [0.3, 0.4) is 0 Å². The van der Waals surface area contributed by atoms with Crippen LogP contribution in [0.15, 0.2) is 46.9 Å². The fourth-order valence-corrected chi connectivity index (χ4v) is 4.60. The number of hydrogen-bond acceptors (Lipinski definition) is 5. The molecule has 10 heteroatoms. The van der Waals surface area contributed by atoms with Crippen molar-refractivity contribution in [2.75, 3.05) is 28.5 Å². The number of carbonyl (C=O) groups excluding carboxylic acids is 2. The maximum absolute atomic E-state index is 13.7. The van der Waals surface area contributed by atoms with Gasteiger partial charge in [-0.15, -0.1) is 0 Å². The normalized spacial score (nSPS) is 15.3. The third kappa shape index (κ3) is 4.68. The first-order valence-corrected chi connectivity index (χ1v) is 10.7. The summed E-state index contributed by atoms with van der Waals surface area (Å²) in [4.78, 5) is 24.1. The third-order valence-electron chi connectivity index (χ3n) is 4.01.